The normalized spacial score (nSPS) is 10.9. The third-order valence-electron chi connectivity index (χ3n) is 2.32. The molecule has 0 saturated heterocycles. The highest BCUT2D eigenvalue weighted by Crippen LogP contribution is 2.23. The van der Waals surface area contributed by atoms with Gasteiger partial charge in [0.15, 0.2) is 0 Å². The van der Waals surface area contributed by atoms with E-state index in [0.29, 0.717) is 0 Å². The number of hydrogen-bond acceptors (Lipinski definition) is 4. The van der Waals surface area contributed by atoms with Crippen molar-refractivity contribution in [2.45, 2.75) is 26.4 Å². The second-order valence-corrected chi connectivity index (χ2v) is 5.63. The van der Waals surface area contributed by atoms with E-state index in [4.69, 9.17) is 0 Å². The Labute approximate surface area is 113 Å². The maximum atomic E-state index is 4.14. The molecule has 0 aliphatic rings. The lowest BCUT2D eigenvalue weighted by Gasteiger charge is -1.98. The van der Waals surface area contributed by atoms with E-state index >= 15 is 0 Å². The zero-order valence-corrected chi connectivity index (χ0v) is 12.1. The summed E-state index contributed by atoms with van der Waals surface area (Å²) >= 11 is 5.24. The number of thiophene rings is 1. The van der Waals surface area contributed by atoms with Gasteiger partial charge in [-0.1, -0.05) is 12.1 Å². The topological polar surface area (TPSA) is 42.7 Å². The van der Waals surface area contributed by atoms with Gasteiger partial charge in [0.1, 0.15) is 0 Å². The number of nitrogens with zero attached hydrogens (tertiary/aromatic N) is 3. The number of halogens is 1. The van der Waals surface area contributed by atoms with Crippen LogP contribution in [0.15, 0.2) is 22.1 Å². The first kappa shape index (κ1) is 12.7. The van der Waals surface area contributed by atoms with Crippen molar-refractivity contribution >= 4 is 27.3 Å². The molecule has 0 amide bonds. The molecule has 0 aromatic carbocycles. The third-order valence-corrected chi connectivity index (χ3v) is 4.23. The van der Waals surface area contributed by atoms with Gasteiger partial charge in [-0.2, -0.15) is 0 Å². The Balaban J connectivity index is 1.92. The van der Waals surface area contributed by atoms with Crippen molar-refractivity contribution in [3.63, 3.8) is 0 Å². The fourth-order valence-electron chi connectivity index (χ4n) is 1.48. The van der Waals surface area contributed by atoms with Crippen LogP contribution in [0.5, 0.6) is 0 Å². The first-order valence-corrected chi connectivity index (χ1v) is 7.28. The summed E-state index contributed by atoms with van der Waals surface area (Å²) in [7, 11) is 0. The van der Waals surface area contributed by atoms with E-state index in [1.54, 1.807) is 11.3 Å². The van der Waals surface area contributed by atoms with Gasteiger partial charge in [0.2, 0.25) is 0 Å². The van der Waals surface area contributed by atoms with Crippen molar-refractivity contribution in [3.05, 3.63) is 32.7 Å². The first-order valence-electron chi connectivity index (χ1n) is 5.61. The molecule has 0 aliphatic heterocycles. The summed E-state index contributed by atoms with van der Waals surface area (Å²) in [5.41, 5.74) is 0.992. The molecule has 92 valence electrons. The average molecular weight is 315 g/mol. The maximum absolute atomic E-state index is 4.14. The van der Waals surface area contributed by atoms with Crippen molar-refractivity contribution in [3.8, 4) is 0 Å². The molecule has 2 aromatic rings. The van der Waals surface area contributed by atoms with Crippen LogP contribution in [0.3, 0.4) is 0 Å². The Morgan fingerprint density at radius 2 is 2.41 bits per heavy atom. The second-order valence-electron chi connectivity index (χ2n) is 3.78. The summed E-state index contributed by atoms with van der Waals surface area (Å²) in [4.78, 5) is 1.27. The maximum Gasteiger partial charge on any atom is 0.0964 e. The Morgan fingerprint density at radius 3 is 3.12 bits per heavy atom. The van der Waals surface area contributed by atoms with Crippen LogP contribution >= 0.6 is 27.3 Å². The number of aromatic nitrogens is 3. The highest BCUT2D eigenvalue weighted by molar-refractivity contribution is 9.10. The van der Waals surface area contributed by atoms with Gasteiger partial charge in [-0.3, -0.25) is 0 Å². The molecule has 2 rings (SSSR count). The predicted molar refractivity (Wildman–Crippen MR) is 73.1 cm³/mol. The first-order chi connectivity index (χ1) is 8.29. The van der Waals surface area contributed by atoms with Crippen molar-refractivity contribution in [1.29, 1.82) is 0 Å². The molecule has 1 N–H and O–H groups in total. The van der Waals surface area contributed by atoms with Crippen molar-refractivity contribution in [2.24, 2.45) is 0 Å². The molecule has 4 nitrogen and oxygen atoms in total. The number of rotatable bonds is 6. The molecule has 0 aliphatic carbocycles. The number of hydrogen-bond donors (Lipinski definition) is 1. The summed E-state index contributed by atoms with van der Waals surface area (Å²) in [5.74, 6) is 0. The van der Waals surface area contributed by atoms with Crippen molar-refractivity contribution < 1.29 is 0 Å². The quantitative estimate of drug-likeness (QED) is 0.834. The van der Waals surface area contributed by atoms with Crippen molar-refractivity contribution in [1.82, 2.24) is 20.3 Å². The molecule has 6 heteroatoms. The van der Waals surface area contributed by atoms with Crippen LogP contribution in [0.1, 0.15) is 23.9 Å². The van der Waals surface area contributed by atoms with E-state index in [0.717, 1.165) is 36.2 Å². The van der Waals surface area contributed by atoms with E-state index in [-0.39, 0.29) is 0 Å². The Hall–Kier alpha value is -0.720. The molecule has 2 aromatic heterocycles. The molecule has 0 radical (unpaired) electrons. The fourth-order valence-corrected chi connectivity index (χ4v) is 2.94. The smallest absolute Gasteiger partial charge is 0.0964 e. The molecule has 0 unspecified atom stereocenters. The van der Waals surface area contributed by atoms with Gasteiger partial charge in [0.05, 0.1) is 18.4 Å². The Kier molecular flexibility index (Phi) is 4.70. The van der Waals surface area contributed by atoms with Gasteiger partial charge >= 0.3 is 0 Å². The summed E-state index contributed by atoms with van der Waals surface area (Å²) in [6.07, 6.45) is 3.13. The molecule has 0 bridgehead atoms. The number of nitrogens with one attached hydrogen (secondary N) is 1. The monoisotopic (exact) mass is 314 g/mol. The molecule has 17 heavy (non-hydrogen) atoms. The minimum absolute atomic E-state index is 0.777. The lowest BCUT2D eigenvalue weighted by Crippen LogP contribution is -2.13. The highest BCUT2D eigenvalue weighted by Gasteiger charge is 2.05. The summed E-state index contributed by atoms with van der Waals surface area (Å²) in [5, 5.41) is 13.6. The molecular formula is C11H15BrN4S. The fraction of sp³-hybridized carbons (Fsp3) is 0.455. The van der Waals surface area contributed by atoms with Crippen LogP contribution < -0.4 is 5.32 Å². The van der Waals surface area contributed by atoms with E-state index in [2.05, 4.69) is 49.9 Å². The lowest BCUT2D eigenvalue weighted by atomic mass is 10.4. The summed E-state index contributed by atoms with van der Waals surface area (Å²) in [6.45, 7) is 4.74. The standard InChI is InChI=1S/C11H15BrN4S/c1-2-4-13-6-9-7-16(15-14-9)8-11-10(12)3-5-17-11/h3,5,7,13H,2,4,6,8H2,1H3. The SMILES string of the molecule is CCCNCc1cn(Cc2sccc2Br)nn1. The Bertz CT molecular complexity index is 465. The third kappa shape index (κ3) is 3.62. The van der Waals surface area contributed by atoms with E-state index in [1.807, 2.05) is 10.9 Å². The largest absolute Gasteiger partial charge is 0.311 e. The molecule has 0 fully saturated rings. The summed E-state index contributed by atoms with van der Waals surface area (Å²) < 4.78 is 3.02. The van der Waals surface area contributed by atoms with Gasteiger partial charge < -0.3 is 5.32 Å². The van der Waals surface area contributed by atoms with E-state index in [1.165, 1.54) is 4.88 Å². The van der Waals surface area contributed by atoms with Crippen molar-refractivity contribution in [2.75, 3.05) is 6.54 Å². The van der Waals surface area contributed by atoms with Gasteiger partial charge in [0.25, 0.3) is 0 Å². The van der Waals surface area contributed by atoms with Crippen LogP contribution in [0, 0.1) is 0 Å². The van der Waals surface area contributed by atoms with Gasteiger partial charge in [-0.05, 0) is 40.3 Å². The van der Waals surface area contributed by atoms with E-state index in [9.17, 15) is 0 Å². The van der Waals surface area contributed by atoms with Gasteiger partial charge in [0, 0.05) is 15.9 Å². The molecular weight excluding hydrogens is 300 g/mol. The lowest BCUT2D eigenvalue weighted by molar-refractivity contribution is 0.648. The molecule has 2 heterocycles. The van der Waals surface area contributed by atoms with Crippen LogP contribution in [0.25, 0.3) is 0 Å². The Morgan fingerprint density at radius 1 is 1.53 bits per heavy atom. The summed E-state index contributed by atoms with van der Waals surface area (Å²) in [6, 6.07) is 2.06. The average Bonchev–Trinajstić information content (AvgIpc) is 2.91. The zero-order valence-electron chi connectivity index (χ0n) is 9.69. The highest BCUT2D eigenvalue weighted by atomic mass is 79.9. The van der Waals surface area contributed by atoms with Crippen LogP contribution in [0.2, 0.25) is 0 Å². The molecule has 0 saturated carbocycles. The zero-order chi connectivity index (χ0) is 12.1. The molecule has 0 spiro atoms. The van der Waals surface area contributed by atoms with Gasteiger partial charge in [-0.15, -0.1) is 16.4 Å². The van der Waals surface area contributed by atoms with Gasteiger partial charge in [-0.25, -0.2) is 4.68 Å². The molecule has 0 atom stereocenters. The minimum Gasteiger partial charge on any atom is -0.311 e. The van der Waals surface area contributed by atoms with Crippen LogP contribution in [-0.4, -0.2) is 21.5 Å². The second kappa shape index (κ2) is 6.28. The minimum atomic E-state index is 0.777. The predicted octanol–water partition coefficient (Wildman–Crippen LogP) is 2.65. The van der Waals surface area contributed by atoms with Crippen LogP contribution in [-0.2, 0) is 13.1 Å². The van der Waals surface area contributed by atoms with Crippen LogP contribution in [0.4, 0.5) is 0 Å². The van der Waals surface area contributed by atoms with E-state index < -0.39 is 0 Å².